The lowest BCUT2D eigenvalue weighted by molar-refractivity contribution is -0.121. The third kappa shape index (κ3) is 3.29. The summed E-state index contributed by atoms with van der Waals surface area (Å²) in [6.45, 7) is 1.80. The molecule has 2 N–H and O–H groups in total. The Bertz CT molecular complexity index is 377. The first-order valence-electron chi connectivity index (χ1n) is 5.19. The van der Waals surface area contributed by atoms with Crippen molar-refractivity contribution in [2.75, 3.05) is 5.32 Å². The molecule has 0 aliphatic heterocycles. The molecule has 86 valence electrons. The molecule has 0 aromatic carbocycles. The number of carbonyl (C=O) groups excluding carboxylic acids is 1. The first-order valence-corrected chi connectivity index (χ1v) is 6.27. The van der Waals surface area contributed by atoms with Gasteiger partial charge in [0, 0.05) is 22.0 Å². The molecule has 5 nitrogen and oxygen atoms in total. The molecule has 1 aliphatic rings. The van der Waals surface area contributed by atoms with Crippen molar-refractivity contribution in [3.63, 3.8) is 0 Å². The van der Waals surface area contributed by atoms with Gasteiger partial charge in [0.05, 0.1) is 0 Å². The Morgan fingerprint density at radius 3 is 2.69 bits per heavy atom. The molecule has 1 saturated carbocycles. The largest absolute Gasteiger partial charge is 0.352 e. The van der Waals surface area contributed by atoms with E-state index < -0.39 is 0 Å². The van der Waals surface area contributed by atoms with Gasteiger partial charge in [-0.3, -0.25) is 4.79 Å². The summed E-state index contributed by atoms with van der Waals surface area (Å²) in [4.78, 5) is 19.8. The van der Waals surface area contributed by atoms with E-state index >= 15 is 0 Å². The van der Waals surface area contributed by atoms with Crippen LogP contribution in [0, 0.1) is 3.57 Å². The molecule has 1 heterocycles. The van der Waals surface area contributed by atoms with Crippen LogP contribution < -0.4 is 10.6 Å². The summed E-state index contributed by atoms with van der Waals surface area (Å²) in [6, 6.07) is 0.0788. The molecule has 2 rings (SSSR count). The molecule has 1 amide bonds. The molecular formula is C10H13IN4O. The van der Waals surface area contributed by atoms with Gasteiger partial charge in [-0.2, -0.15) is 0 Å². The number of amides is 1. The van der Waals surface area contributed by atoms with Crippen LogP contribution in [0.4, 0.5) is 5.95 Å². The van der Waals surface area contributed by atoms with E-state index in [1.165, 1.54) is 0 Å². The molecule has 1 fully saturated rings. The summed E-state index contributed by atoms with van der Waals surface area (Å²) in [7, 11) is 0. The number of halogens is 1. The zero-order chi connectivity index (χ0) is 11.5. The maximum absolute atomic E-state index is 11.6. The molecule has 1 aromatic heterocycles. The minimum Gasteiger partial charge on any atom is -0.352 e. The number of aromatic nitrogens is 2. The second-order valence-electron chi connectivity index (χ2n) is 3.87. The molecule has 0 bridgehead atoms. The molecule has 0 radical (unpaired) electrons. The van der Waals surface area contributed by atoms with E-state index in [-0.39, 0.29) is 11.9 Å². The van der Waals surface area contributed by atoms with Gasteiger partial charge >= 0.3 is 0 Å². The van der Waals surface area contributed by atoms with Crippen LogP contribution in [-0.4, -0.2) is 28.0 Å². The van der Waals surface area contributed by atoms with Crippen molar-refractivity contribution >= 4 is 34.4 Å². The van der Waals surface area contributed by atoms with Crippen LogP contribution in [0.25, 0.3) is 0 Å². The maximum Gasteiger partial charge on any atom is 0.242 e. The second-order valence-corrected chi connectivity index (χ2v) is 5.12. The Balaban J connectivity index is 1.87. The predicted octanol–water partition coefficient (Wildman–Crippen LogP) is 1.16. The van der Waals surface area contributed by atoms with Crippen LogP contribution in [-0.2, 0) is 4.79 Å². The lowest BCUT2D eigenvalue weighted by Crippen LogP contribution is -2.39. The van der Waals surface area contributed by atoms with Crippen LogP contribution in [0.15, 0.2) is 12.4 Å². The van der Waals surface area contributed by atoms with Crippen molar-refractivity contribution in [1.29, 1.82) is 0 Å². The Kier molecular flexibility index (Phi) is 3.57. The smallest absolute Gasteiger partial charge is 0.242 e. The van der Waals surface area contributed by atoms with Crippen molar-refractivity contribution in [3.8, 4) is 0 Å². The normalized spacial score (nSPS) is 16.6. The zero-order valence-electron chi connectivity index (χ0n) is 8.90. The Morgan fingerprint density at radius 1 is 1.50 bits per heavy atom. The van der Waals surface area contributed by atoms with Crippen LogP contribution in [0.5, 0.6) is 0 Å². The lowest BCUT2D eigenvalue weighted by atomic mass is 10.3. The molecule has 1 aliphatic carbocycles. The Labute approximate surface area is 108 Å². The van der Waals surface area contributed by atoms with E-state index in [4.69, 9.17) is 0 Å². The summed E-state index contributed by atoms with van der Waals surface area (Å²) >= 11 is 2.14. The second kappa shape index (κ2) is 4.94. The summed E-state index contributed by atoms with van der Waals surface area (Å²) in [5, 5.41) is 5.89. The number of hydrogen-bond donors (Lipinski definition) is 2. The van der Waals surface area contributed by atoms with Crippen LogP contribution in [0.2, 0.25) is 0 Å². The van der Waals surface area contributed by atoms with E-state index in [1.54, 1.807) is 19.3 Å². The lowest BCUT2D eigenvalue weighted by Gasteiger charge is -2.13. The van der Waals surface area contributed by atoms with E-state index in [1.807, 2.05) is 0 Å². The quantitative estimate of drug-likeness (QED) is 0.812. The maximum atomic E-state index is 11.6. The number of nitrogens with one attached hydrogen (secondary N) is 2. The average Bonchev–Trinajstić information content (AvgIpc) is 3.05. The molecule has 0 saturated heterocycles. The molecular weight excluding hydrogens is 319 g/mol. The molecule has 16 heavy (non-hydrogen) atoms. The first-order chi connectivity index (χ1) is 7.65. The van der Waals surface area contributed by atoms with Gasteiger partial charge in [-0.1, -0.05) is 0 Å². The number of rotatable bonds is 4. The minimum atomic E-state index is -0.305. The Hall–Kier alpha value is -0.920. The summed E-state index contributed by atoms with van der Waals surface area (Å²) in [5.41, 5.74) is 0. The fourth-order valence-corrected chi connectivity index (χ4v) is 1.48. The van der Waals surface area contributed by atoms with Crippen LogP contribution >= 0.6 is 22.6 Å². The highest BCUT2D eigenvalue weighted by Crippen LogP contribution is 2.18. The number of anilines is 1. The van der Waals surface area contributed by atoms with Gasteiger partial charge in [0.15, 0.2) is 0 Å². The Morgan fingerprint density at radius 2 is 2.12 bits per heavy atom. The van der Waals surface area contributed by atoms with Crippen LogP contribution in [0.3, 0.4) is 0 Å². The number of carbonyl (C=O) groups is 1. The van der Waals surface area contributed by atoms with Gasteiger partial charge in [-0.25, -0.2) is 9.97 Å². The summed E-state index contributed by atoms with van der Waals surface area (Å²) in [5.74, 6) is 0.489. The van der Waals surface area contributed by atoms with E-state index in [9.17, 15) is 4.79 Å². The first kappa shape index (κ1) is 11.6. The molecule has 6 heteroatoms. The van der Waals surface area contributed by atoms with E-state index in [0.29, 0.717) is 12.0 Å². The SMILES string of the molecule is CC(Nc1ncc(I)cn1)C(=O)NC1CC1. The highest BCUT2D eigenvalue weighted by Gasteiger charge is 2.25. The van der Waals surface area contributed by atoms with Crippen LogP contribution in [0.1, 0.15) is 19.8 Å². The standard InChI is InChI=1S/C10H13IN4O/c1-6(9(16)15-8-2-3-8)14-10-12-4-7(11)5-13-10/h4-6,8H,2-3H2,1H3,(H,15,16)(H,12,13,14). The number of hydrogen-bond acceptors (Lipinski definition) is 4. The highest BCUT2D eigenvalue weighted by atomic mass is 127. The molecule has 0 spiro atoms. The molecule has 1 atom stereocenters. The summed E-state index contributed by atoms with van der Waals surface area (Å²) < 4.78 is 0.971. The highest BCUT2D eigenvalue weighted by molar-refractivity contribution is 14.1. The van der Waals surface area contributed by atoms with E-state index in [2.05, 4.69) is 43.2 Å². The van der Waals surface area contributed by atoms with Crippen molar-refractivity contribution < 1.29 is 4.79 Å². The van der Waals surface area contributed by atoms with Gasteiger partial charge in [0.2, 0.25) is 11.9 Å². The van der Waals surface area contributed by atoms with Gasteiger partial charge < -0.3 is 10.6 Å². The third-order valence-electron chi connectivity index (χ3n) is 2.28. The topological polar surface area (TPSA) is 66.9 Å². The van der Waals surface area contributed by atoms with Gasteiger partial charge in [0.25, 0.3) is 0 Å². The minimum absolute atomic E-state index is 0.00431. The van der Waals surface area contributed by atoms with Crippen molar-refractivity contribution in [2.45, 2.75) is 31.8 Å². The fourth-order valence-electron chi connectivity index (χ4n) is 1.20. The van der Waals surface area contributed by atoms with E-state index in [0.717, 1.165) is 16.4 Å². The number of nitrogens with zero attached hydrogens (tertiary/aromatic N) is 2. The van der Waals surface area contributed by atoms with Crippen molar-refractivity contribution in [1.82, 2.24) is 15.3 Å². The zero-order valence-corrected chi connectivity index (χ0v) is 11.1. The fraction of sp³-hybridized carbons (Fsp3) is 0.500. The monoisotopic (exact) mass is 332 g/mol. The van der Waals surface area contributed by atoms with Gasteiger partial charge in [0.1, 0.15) is 6.04 Å². The molecule has 1 unspecified atom stereocenters. The van der Waals surface area contributed by atoms with Crippen molar-refractivity contribution in [3.05, 3.63) is 16.0 Å². The van der Waals surface area contributed by atoms with Gasteiger partial charge in [-0.05, 0) is 42.4 Å². The van der Waals surface area contributed by atoms with Crippen molar-refractivity contribution in [2.24, 2.45) is 0 Å². The molecule has 1 aromatic rings. The average molecular weight is 332 g/mol. The summed E-state index contributed by atoms with van der Waals surface area (Å²) in [6.07, 6.45) is 5.61. The predicted molar refractivity (Wildman–Crippen MR) is 69.0 cm³/mol. The third-order valence-corrected chi connectivity index (χ3v) is 2.84. The van der Waals surface area contributed by atoms with Gasteiger partial charge in [-0.15, -0.1) is 0 Å².